The molecule has 0 saturated heterocycles. The number of nitrogens with zero attached hydrogens (tertiary/aromatic N) is 1. The SMILES string of the molecule is CC(C)C1NCCOc2ccccc2/C=C/NC(=O)CNC(=O)C(C(C)O)N(C)C1=O. The number of rotatable bonds is 2. The minimum absolute atomic E-state index is 0.0595. The van der Waals surface area contributed by atoms with Crippen molar-refractivity contribution in [1.29, 1.82) is 0 Å². The van der Waals surface area contributed by atoms with Gasteiger partial charge < -0.3 is 30.7 Å². The van der Waals surface area contributed by atoms with E-state index in [0.717, 1.165) is 5.56 Å². The van der Waals surface area contributed by atoms with Crippen molar-refractivity contribution >= 4 is 23.8 Å². The molecule has 1 aromatic rings. The molecule has 3 unspecified atom stereocenters. The van der Waals surface area contributed by atoms with Crippen LogP contribution in [-0.4, -0.2) is 72.7 Å². The van der Waals surface area contributed by atoms with Gasteiger partial charge in [-0.25, -0.2) is 0 Å². The summed E-state index contributed by atoms with van der Waals surface area (Å²) < 4.78 is 5.85. The number of amides is 3. The van der Waals surface area contributed by atoms with Gasteiger partial charge in [-0.05, 0) is 25.0 Å². The number of carbonyl (C=O) groups excluding carboxylic acids is 3. The smallest absolute Gasteiger partial charge is 0.245 e. The first-order chi connectivity index (χ1) is 14.7. The molecule has 0 radical (unpaired) electrons. The summed E-state index contributed by atoms with van der Waals surface area (Å²) in [6.45, 7) is 5.66. The molecule has 3 atom stereocenters. The van der Waals surface area contributed by atoms with E-state index in [9.17, 15) is 19.5 Å². The highest BCUT2D eigenvalue weighted by atomic mass is 16.5. The number of hydrogen-bond acceptors (Lipinski definition) is 6. The predicted octanol–water partition coefficient (Wildman–Crippen LogP) is 0.104. The van der Waals surface area contributed by atoms with Gasteiger partial charge >= 0.3 is 0 Å². The van der Waals surface area contributed by atoms with Gasteiger partial charge in [0.15, 0.2) is 0 Å². The van der Waals surface area contributed by atoms with E-state index in [2.05, 4.69) is 16.0 Å². The Morgan fingerprint density at radius 2 is 1.87 bits per heavy atom. The average molecular weight is 433 g/mol. The summed E-state index contributed by atoms with van der Waals surface area (Å²) in [6, 6.07) is 5.68. The number of fused-ring (bicyclic) bond motifs is 1. The van der Waals surface area contributed by atoms with Gasteiger partial charge in [-0.1, -0.05) is 32.0 Å². The molecular formula is C22H32N4O5. The second-order valence-corrected chi connectivity index (χ2v) is 7.82. The van der Waals surface area contributed by atoms with Crippen molar-refractivity contribution in [2.45, 2.75) is 39.0 Å². The fourth-order valence-electron chi connectivity index (χ4n) is 3.36. The fourth-order valence-corrected chi connectivity index (χ4v) is 3.36. The van der Waals surface area contributed by atoms with E-state index in [1.807, 2.05) is 38.1 Å². The third-order valence-corrected chi connectivity index (χ3v) is 5.00. The second kappa shape index (κ2) is 11.5. The van der Waals surface area contributed by atoms with Crippen molar-refractivity contribution in [1.82, 2.24) is 20.9 Å². The lowest BCUT2D eigenvalue weighted by molar-refractivity contribution is -0.145. The Morgan fingerprint density at radius 3 is 2.55 bits per heavy atom. The van der Waals surface area contributed by atoms with Crippen LogP contribution in [-0.2, 0) is 14.4 Å². The number of carbonyl (C=O) groups is 3. The molecule has 31 heavy (non-hydrogen) atoms. The quantitative estimate of drug-likeness (QED) is 0.526. The predicted molar refractivity (Wildman–Crippen MR) is 117 cm³/mol. The number of benzene rings is 1. The fraction of sp³-hybridized carbons (Fsp3) is 0.500. The zero-order chi connectivity index (χ0) is 23.0. The van der Waals surface area contributed by atoms with Crippen molar-refractivity contribution in [3.63, 3.8) is 0 Å². The summed E-state index contributed by atoms with van der Waals surface area (Å²) in [5.41, 5.74) is 0.779. The molecule has 0 bridgehead atoms. The normalized spacial score (nSPS) is 23.8. The van der Waals surface area contributed by atoms with Crippen molar-refractivity contribution in [3.8, 4) is 5.75 Å². The Balaban J connectivity index is 2.29. The molecule has 9 nitrogen and oxygen atoms in total. The molecule has 0 fully saturated rings. The van der Waals surface area contributed by atoms with E-state index in [4.69, 9.17) is 4.74 Å². The van der Waals surface area contributed by atoms with Crippen molar-refractivity contribution in [3.05, 3.63) is 36.0 Å². The molecule has 1 aromatic carbocycles. The van der Waals surface area contributed by atoms with E-state index in [-0.39, 0.29) is 18.4 Å². The maximum atomic E-state index is 13.1. The number of hydrogen-bond donors (Lipinski definition) is 4. The van der Waals surface area contributed by atoms with E-state index in [1.165, 1.54) is 25.1 Å². The van der Waals surface area contributed by atoms with Crippen LogP contribution < -0.4 is 20.7 Å². The Labute approximate surface area is 182 Å². The van der Waals surface area contributed by atoms with E-state index in [0.29, 0.717) is 18.9 Å². The van der Waals surface area contributed by atoms with Crippen LogP contribution in [0.15, 0.2) is 30.5 Å². The van der Waals surface area contributed by atoms with Gasteiger partial charge in [0.25, 0.3) is 0 Å². The van der Waals surface area contributed by atoms with Crippen LogP contribution in [0.3, 0.4) is 0 Å². The maximum absolute atomic E-state index is 13.1. The largest absolute Gasteiger partial charge is 0.492 e. The van der Waals surface area contributed by atoms with Gasteiger partial charge in [0.1, 0.15) is 18.4 Å². The topological polar surface area (TPSA) is 120 Å². The number of likely N-dealkylation sites (N-methyl/N-ethyl adjacent to an activating group) is 1. The van der Waals surface area contributed by atoms with Gasteiger partial charge in [-0.2, -0.15) is 0 Å². The Bertz CT molecular complexity index is 809. The second-order valence-electron chi connectivity index (χ2n) is 7.82. The maximum Gasteiger partial charge on any atom is 0.245 e. The van der Waals surface area contributed by atoms with Gasteiger partial charge in [-0.3, -0.25) is 14.4 Å². The van der Waals surface area contributed by atoms with Gasteiger partial charge in [-0.15, -0.1) is 0 Å². The molecule has 1 heterocycles. The molecule has 0 saturated carbocycles. The van der Waals surface area contributed by atoms with Crippen molar-refractivity contribution in [2.75, 3.05) is 26.7 Å². The van der Waals surface area contributed by atoms with E-state index in [1.54, 1.807) is 6.08 Å². The monoisotopic (exact) mass is 432 g/mol. The first-order valence-corrected chi connectivity index (χ1v) is 10.4. The van der Waals surface area contributed by atoms with Crippen LogP contribution in [0.1, 0.15) is 26.3 Å². The molecule has 0 spiro atoms. The minimum atomic E-state index is -1.13. The number of aliphatic hydroxyl groups is 1. The summed E-state index contributed by atoms with van der Waals surface area (Å²) in [6.07, 6.45) is 2.06. The molecule has 0 aliphatic carbocycles. The highest BCUT2D eigenvalue weighted by Gasteiger charge is 2.35. The van der Waals surface area contributed by atoms with Crippen molar-refractivity contribution < 1.29 is 24.2 Å². The third kappa shape index (κ3) is 6.80. The van der Waals surface area contributed by atoms with Crippen LogP contribution in [0.4, 0.5) is 0 Å². The van der Waals surface area contributed by atoms with E-state index >= 15 is 0 Å². The molecule has 3 amide bonds. The molecule has 4 N–H and O–H groups in total. The molecule has 1 aliphatic heterocycles. The first kappa shape index (κ1) is 24.4. The third-order valence-electron chi connectivity index (χ3n) is 5.00. The molecule has 9 heteroatoms. The summed E-state index contributed by atoms with van der Waals surface area (Å²) in [5.74, 6) is -0.786. The van der Waals surface area contributed by atoms with Crippen LogP contribution in [0.2, 0.25) is 0 Å². The van der Waals surface area contributed by atoms with Crippen molar-refractivity contribution in [2.24, 2.45) is 5.92 Å². The zero-order valence-electron chi connectivity index (χ0n) is 18.4. The lowest BCUT2D eigenvalue weighted by atomic mass is 10.0. The van der Waals surface area contributed by atoms with Gasteiger partial charge in [0.2, 0.25) is 17.7 Å². The molecule has 170 valence electrons. The highest BCUT2D eigenvalue weighted by molar-refractivity contribution is 5.92. The van der Waals surface area contributed by atoms with Crippen LogP contribution in [0.25, 0.3) is 6.08 Å². The summed E-state index contributed by atoms with van der Waals surface area (Å²) >= 11 is 0. The molecule has 0 aromatic heterocycles. The molecule has 1 aliphatic rings. The molecular weight excluding hydrogens is 400 g/mol. The van der Waals surface area contributed by atoms with Crippen LogP contribution in [0.5, 0.6) is 5.75 Å². The summed E-state index contributed by atoms with van der Waals surface area (Å²) in [7, 11) is 1.47. The van der Waals surface area contributed by atoms with Crippen LogP contribution in [0, 0.1) is 5.92 Å². The number of aliphatic hydroxyl groups excluding tert-OH is 1. The lowest BCUT2D eigenvalue weighted by Gasteiger charge is -2.33. The lowest BCUT2D eigenvalue weighted by Crippen LogP contribution is -2.59. The number of para-hydroxylation sites is 1. The Morgan fingerprint density at radius 1 is 1.16 bits per heavy atom. The standard InChI is InChI=1S/C22H32N4O5/c1-14(2)19-22(30)26(4)20(15(3)27)21(29)25-13-18(28)23-10-9-16-7-5-6-8-17(16)31-12-11-24-19/h5-10,14-15,19-20,24,27H,11-13H2,1-4H3,(H,23,28)(H,25,29)/b10-9+. The Kier molecular flexibility index (Phi) is 9.02. The van der Waals surface area contributed by atoms with Gasteiger partial charge in [0, 0.05) is 25.4 Å². The summed E-state index contributed by atoms with van der Waals surface area (Å²) in [4.78, 5) is 39.1. The number of nitrogens with one attached hydrogen (secondary N) is 3. The minimum Gasteiger partial charge on any atom is -0.492 e. The highest BCUT2D eigenvalue weighted by Crippen LogP contribution is 2.19. The van der Waals surface area contributed by atoms with Gasteiger partial charge in [0.05, 0.1) is 18.7 Å². The number of ether oxygens (including phenoxy) is 1. The first-order valence-electron chi connectivity index (χ1n) is 10.4. The van der Waals surface area contributed by atoms with E-state index < -0.39 is 30.0 Å². The van der Waals surface area contributed by atoms with Crippen LogP contribution >= 0.6 is 0 Å². The summed E-state index contributed by atoms with van der Waals surface area (Å²) in [5, 5.41) is 18.4. The average Bonchev–Trinajstić information content (AvgIpc) is 2.71. The Hall–Kier alpha value is -2.91. The molecule has 2 rings (SSSR count). The zero-order valence-corrected chi connectivity index (χ0v) is 18.4.